The van der Waals surface area contributed by atoms with Gasteiger partial charge in [-0.25, -0.2) is 8.42 Å². The first-order valence-electron chi connectivity index (χ1n) is 8.74. The number of hydrogen-bond donors (Lipinski definition) is 2. The fourth-order valence-electron chi connectivity index (χ4n) is 3.15. The summed E-state index contributed by atoms with van der Waals surface area (Å²) >= 11 is 0. The number of nitriles is 1. The highest BCUT2D eigenvalue weighted by atomic mass is 32.2. The van der Waals surface area contributed by atoms with Crippen molar-refractivity contribution < 1.29 is 13.2 Å². The van der Waals surface area contributed by atoms with Crippen molar-refractivity contribution in [1.82, 2.24) is 20.4 Å². The highest BCUT2D eigenvalue weighted by Crippen LogP contribution is 2.18. The molecule has 1 amide bonds. The summed E-state index contributed by atoms with van der Waals surface area (Å²) in [5.74, 6) is -0.154. The molecule has 2 rings (SSSR count). The van der Waals surface area contributed by atoms with Crippen LogP contribution in [0.4, 0.5) is 0 Å². The van der Waals surface area contributed by atoms with Gasteiger partial charge in [0, 0.05) is 58.1 Å². The van der Waals surface area contributed by atoms with Crippen LogP contribution in [-0.4, -0.2) is 87.5 Å². The molecule has 2 N–H and O–H groups in total. The first-order chi connectivity index (χ1) is 11.9. The van der Waals surface area contributed by atoms with E-state index in [2.05, 4.69) is 15.5 Å². The maximum Gasteiger partial charge on any atom is 0.263 e. The van der Waals surface area contributed by atoms with Gasteiger partial charge >= 0.3 is 0 Å². The molecule has 0 aliphatic carbocycles. The number of nitrogens with zero attached hydrogens (tertiary/aromatic N) is 3. The van der Waals surface area contributed by atoms with Gasteiger partial charge < -0.3 is 15.5 Å². The Labute approximate surface area is 149 Å². The molecule has 0 bridgehead atoms. The fourth-order valence-corrected chi connectivity index (χ4v) is 4.90. The summed E-state index contributed by atoms with van der Waals surface area (Å²) in [6, 6.07) is 1.77. The SMILES string of the molecule is CCN(/C=C(/C#N)C(=O)NCCN1CCNCC1)C1CCS(=O)(=O)C1. The number of hydrogen-bond acceptors (Lipinski definition) is 7. The number of sulfone groups is 1. The van der Waals surface area contributed by atoms with Gasteiger partial charge in [-0.15, -0.1) is 0 Å². The van der Waals surface area contributed by atoms with Crippen LogP contribution in [0.5, 0.6) is 0 Å². The van der Waals surface area contributed by atoms with Gasteiger partial charge in [0.1, 0.15) is 11.6 Å². The highest BCUT2D eigenvalue weighted by molar-refractivity contribution is 7.91. The smallest absolute Gasteiger partial charge is 0.263 e. The second kappa shape index (κ2) is 9.17. The lowest BCUT2D eigenvalue weighted by atomic mass is 10.2. The first kappa shape index (κ1) is 19.7. The lowest BCUT2D eigenvalue weighted by Gasteiger charge is -2.27. The third-order valence-corrected chi connectivity index (χ3v) is 6.38. The summed E-state index contributed by atoms with van der Waals surface area (Å²) in [6.07, 6.45) is 2.04. The molecule has 0 spiro atoms. The average Bonchev–Trinajstić information content (AvgIpc) is 2.96. The van der Waals surface area contributed by atoms with E-state index in [-0.39, 0.29) is 23.1 Å². The molecular weight excluding hydrogens is 342 g/mol. The van der Waals surface area contributed by atoms with Crippen LogP contribution in [0.2, 0.25) is 0 Å². The van der Waals surface area contributed by atoms with E-state index in [9.17, 15) is 18.5 Å². The minimum atomic E-state index is -3.00. The molecule has 0 radical (unpaired) electrons. The number of piperazine rings is 1. The van der Waals surface area contributed by atoms with Gasteiger partial charge in [-0.3, -0.25) is 9.69 Å². The van der Waals surface area contributed by atoms with Crippen molar-refractivity contribution in [3.8, 4) is 6.07 Å². The minimum Gasteiger partial charge on any atom is -0.372 e. The van der Waals surface area contributed by atoms with Crippen molar-refractivity contribution in [3.05, 3.63) is 11.8 Å². The largest absolute Gasteiger partial charge is 0.372 e. The normalized spacial score (nSPS) is 23.8. The van der Waals surface area contributed by atoms with Crippen LogP contribution in [0.1, 0.15) is 13.3 Å². The number of rotatable bonds is 7. The summed E-state index contributed by atoms with van der Waals surface area (Å²) < 4.78 is 23.3. The molecule has 2 fully saturated rings. The minimum absolute atomic E-state index is 0.0199. The van der Waals surface area contributed by atoms with Crippen molar-refractivity contribution in [1.29, 1.82) is 5.26 Å². The van der Waals surface area contributed by atoms with Gasteiger partial charge in [-0.05, 0) is 13.3 Å². The monoisotopic (exact) mass is 369 g/mol. The second-order valence-corrected chi connectivity index (χ2v) is 8.62. The van der Waals surface area contributed by atoms with Gasteiger partial charge in [0.15, 0.2) is 9.84 Å². The van der Waals surface area contributed by atoms with E-state index in [1.807, 2.05) is 13.0 Å². The zero-order valence-electron chi connectivity index (χ0n) is 14.7. The van der Waals surface area contributed by atoms with Crippen molar-refractivity contribution in [2.75, 3.05) is 57.3 Å². The van der Waals surface area contributed by atoms with E-state index >= 15 is 0 Å². The van der Waals surface area contributed by atoms with Gasteiger partial charge in [0.05, 0.1) is 11.5 Å². The maximum atomic E-state index is 12.2. The van der Waals surface area contributed by atoms with Crippen LogP contribution in [-0.2, 0) is 14.6 Å². The zero-order chi connectivity index (χ0) is 18.3. The third kappa shape index (κ3) is 5.99. The summed E-state index contributed by atoms with van der Waals surface area (Å²) in [7, 11) is -3.00. The van der Waals surface area contributed by atoms with Crippen molar-refractivity contribution in [2.24, 2.45) is 0 Å². The number of carbonyl (C=O) groups is 1. The summed E-state index contributed by atoms with van der Waals surface area (Å²) in [4.78, 5) is 16.3. The number of amides is 1. The first-order valence-corrected chi connectivity index (χ1v) is 10.6. The number of carbonyl (C=O) groups excluding carboxylic acids is 1. The van der Waals surface area contributed by atoms with E-state index < -0.39 is 15.7 Å². The van der Waals surface area contributed by atoms with Gasteiger partial charge in [0.2, 0.25) is 0 Å². The Morgan fingerprint density at radius 1 is 1.44 bits per heavy atom. The molecule has 1 atom stereocenters. The summed E-state index contributed by atoms with van der Waals surface area (Å²) in [5.41, 5.74) is 0.0199. The molecule has 0 aromatic carbocycles. The Morgan fingerprint density at radius 3 is 2.72 bits per heavy atom. The van der Waals surface area contributed by atoms with Crippen LogP contribution >= 0.6 is 0 Å². The quantitative estimate of drug-likeness (QED) is 0.434. The molecule has 8 nitrogen and oxygen atoms in total. The van der Waals surface area contributed by atoms with Gasteiger partial charge in [-0.2, -0.15) is 5.26 Å². The van der Waals surface area contributed by atoms with E-state index in [0.29, 0.717) is 19.5 Å². The van der Waals surface area contributed by atoms with Crippen LogP contribution in [0.25, 0.3) is 0 Å². The molecule has 0 aromatic rings. The van der Waals surface area contributed by atoms with Crippen LogP contribution in [0.3, 0.4) is 0 Å². The Bertz CT molecular complexity index is 635. The third-order valence-electron chi connectivity index (χ3n) is 4.63. The Balaban J connectivity index is 1.88. The van der Waals surface area contributed by atoms with E-state index in [1.165, 1.54) is 6.20 Å². The molecule has 0 saturated carbocycles. The zero-order valence-corrected chi connectivity index (χ0v) is 15.5. The van der Waals surface area contributed by atoms with E-state index in [4.69, 9.17) is 0 Å². The predicted molar refractivity (Wildman–Crippen MR) is 95.5 cm³/mol. The van der Waals surface area contributed by atoms with Crippen molar-refractivity contribution in [3.63, 3.8) is 0 Å². The Kier molecular flexibility index (Phi) is 7.23. The standard InChI is InChI=1S/C16H27N5O3S/c1-2-21(15-3-10-25(23,24)13-15)12-14(11-17)16(22)19-6-9-20-7-4-18-5-8-20/h12,15,18H,2-10,13H2,1H3,(H,19,22)/b14-12-. The van der Waals surface area contributed by atoms with Crippen LogP contribution < -0.4 is 10.6 Å². The summed E-state index contributed by atoms with van der Waals surface area (Å²) in [5, 5.41) is 15.3. The molecule has 2 saturated heterocycles. The molecule has 25 heavy (non-hydrogen) atoms. The lowest BCUT2D eigenvalue weighted by molar-refractivity contribution is -0.117. The predicted octanol–water partition coefficient (Wildman–Crippen LogP) is -1.08. The molecule has 2 heterocycles. The van der Waals surface area contributed by atoms with Gasteiger partial charge in [0.25, 0.3) is 5.91 Å². The molecular formula is C16H27N5O3S. The Hall–Kier alpha value is -1.63. The average molecular weight is 369 g/mol. The second-order valence-electron chi connectivity index (χ2n) is 6.39. The Morgan fingerprint density at radius 2 is 2.16 bits per heavy atom. The van der Waals surface area contributed by atoms with Crippen molar-refractivity contribution >= 4 is 15.7 Å². The van der Waals surface area contributed by atoms with Crippen LogP contribution in [0, 0.1) is 11.3 Å². The highest BCUT2D eigenvalue weighted by Gasteiger charge is 2.31. The van der Waals surface area contributed by atoms with E-state index in [1.54, 1.807) is 4.90 Å². The molecule has 9 heteroatoms. The molecule has 0 aromatic heterocycles. The topological polar surface area (TPSA) is 106 Å². The maximum absolute atomic E-state index is 12.2. The molecule has 2 aliphatic heterocycles. The molecule has 1 unspecified atom stereocenters. The van der Waals surface area contributed by atoms with Crippen LogP contribution in [0.15, 0.2) is 11.8 Å². The van der Waals surface area contributed by atoms with Gasteiger partial charge in [-0.1, -0.05) is 0 Å². The summed E-state index contributed by atoms with van der Waals surface area (Å²) in [6.45, 7) is 7.50. The fraction of sp³-hybridized carbons (Fsp3) is 0.750. The lowest BCUT2D eigenvalue weighted by Crippen LogP contribution is -2.46. The molecule has 140 valence electrons. The van der Waals surface area contributed by atoms with Crippen molar-refractivity contribution in [2.45, 2.75) is 19.4 Å². The molecule has 2 aliphatic rings. The van der Waals surface area contributed by atoms with E-state index in [0.717, 1.165) is 32.7 Å². The number of nitrogens with one attached hydrogen (secondary N) is 2.